The summed E-state index contributed by atoms with van der Waals surface area (Å²) in [4.78, 5) is 2.51. The summed E-state index contributed by atoms with van der Waals surface area (Å²) in [5.74, 6) is 2.86. The Balaban J connectivity index is 0.000000563. The molecule has 3 atom stereocenters. The Labute approximate surface area is 79.9 Å². The van der Waals surface area contributed by atoms with Gasteiger partial charge >= 0.3 is 0 Å². The second-order valence-corrected chi connectivity index (χ2v) is 4.64. The number of hydrogen-bond acceptors (Lipinski definition) is 2. The summed E-state index contributed by atoms with van der Waals surface area (Å²) in [6, 6.07) is 0. The van der Waals surface area contributed by atoms with Gasteiger partial charge in [-0.3, -0.25) is 4.90 Å². The number of hydrogen-bond donors (Lipinski definition) is 1. The van der Waals surface area contributed by atoms with Crippen molar-refractivity contribution in [3.63, 3.8) is 0 Å². The average molecular weight is 189 g/mol. The first-order valence-corrected chi connectivity index (χ1v) is 4.82. The molecule has 2 N–H and O–H groups in total. The molecule has 3 unspecified atom stereocenters. The molecule has 4 fully saturated rings. The summed E-state index contributed by atoms with van der Waals surface area (Å²) in [5, 5.41) is 0. The number of nitrogens with two attached hydrogens (primary N) is 1. The molecule has 4 bridgehead atoms. The Hall–Kier alpha value is 0.210. The topological polar surface area (TPSA) is 29.3 Å². The van der Waals surface area contributed by atoms with Crippen LogP contribution in [0.2, 0.25) is 0 Å². The van der Waals surface area contributed by atoms with Gasteiger partial charge in [0.1, 0.15) is 0 Å². The first-order valence-electron chi connectivity index (χ1n) is 4.82. The lowest BCUT2D eigenvalue weighted by Crippen LogP contribution is -2.62. The Morgan fingerprint density at radius 1 is 1.00 bits per heavy atom. The van der Waals surface area contributed by atoms with E-state index in [9.17, 15) is 0 Å². The normalized spacial score (nSPS) is 55.2. The molecule has 4 rings (SSSR count). The van der Waals surface area contributed by atoms with Crippen LogP contribution in [0.4, 0.5) is 0 Å². The van der Waals surface area contributed by atoms with E-state index < -0.39 is 0 Å². The molecule has 1 saturated carbocycles. The molecule has 4 aliphatic rings. The van der Waals surface area contributed by atoms with E-state index in [0.717, 1.165) is 17.8 Å². The largest absolute Gasteiger partial charge is 0.315 e. The van der Waals surface area contributed by atoms with Crippen LogP contribution < -0.4 is 5.73 Å². The Kier molecular flexibility index (Phi) is 2.10. The van der Waals surface area contributed by atoms with E-state index in [2.05, 4.69) is 4.90 Å². The van der Waals surface area contributed by atoms with Crippen molar-refractivity contribution in [2.45, 2.75) is 25.4 Å². The fraction of sp³-hybridized carbons (Fsp3) is 1.00. The lowest BCUT2D eigenvalue weighted by atomic mass is 9.67. The highest BCUT2D eigenvalue weighted by molar-refractivity contribution is 5.85. The summed E-state index contributed by atoms with van der Waals surface area (Å²) >= 11 is 0. The third-order valence-electron chi connectivity index (χ3n) is 3.83. The third-order valence-corrected chi connectivity index (χ3v) is 3.83. The molecular formula is C9H17ClN2. The lowest BCUT2D eigenvalue weighted by molar-refractivity contribution is -0.0619. The lowest BCUT2D eigenvalue weighted by Gasteiger charge is -2.55. The first-order chi connectivity index (χ1) is 5.33. The molecule has 2 nitrogen and oxygen atoms in total. The third kappa shape index (κ3) is 1.09. The van der Waals surface area contributed by atoms with Crippen molar-refractivity contribution < 1.29 is 0 Å². The molecule has 12 heavy (non-hydrogen) atoms. The summed E-state index contributed by atoms with van der Waals surface area (Å²) in [5.41, 5.74) is 6.09. The molecule has 3 aliphatic heterocycles. The van der Waals surface area contributed by atoms with Crippen LogP contribution in [-0.2, 0) is 0 Å². The van der Waals surface area contributed by atoms with Crippen molar-refractivity contribution >= 4 is 12.4 Å². The molecule has 0 aromatic heterocycles. The summed E-state index contributed by atoms with van der Waals surface area (Å²) in [6.45, 7) is 2.60. The number of rotatable bonds is 0. The Bertz CT molecular complexity index is 155. The van der Waals surface area contributed by atoms with Crippen molar-refractivity contribution in [3.05, 3.63) is 0 Å². The molecule has 0 radical (unpaired) electrons. The van der Waals surface area contributed by atoms with E-state index in [1.165, 1.54) is 32.4 Å². The molecular weight excluding hydrogens is 172 g/mol. The van der Waals surface area contributed by atoms with E-state index in [4.69, 9.17) is 5.73 Å². The fourth-order valence-electron chi connectivity index (χ4n) is 3.47. The second-order valence-electron chi connectivity index (χ2n) is 4.64. The van der Waals surface area contributed by atoms with Crippen LogP contribution in [-0.4, -0.2) is 24.2 Å². The van der Waals surface area contributed by atoms with Gasteiger partial charge in [-0.05, 0) is 37.0 Å². The Morgan fingerprint density at radius 3 is 2.08 bits per heavy atom. The minimum atomic E-state index is 0. The van der Waals surface area contributed by atoms with Crippen LogP contribution in [0.15, 0.2) is 0 Å². The van der Waals surface area contributed by atoms with Crippen LogP contribution >= 0.6 is 12.4 Å². The van der Waals surface area contributed by atoms with E-state index in [1.807, 2.05) is 0 Å². The van der Waals surface area contributed by atoms with Gasteiger partial charge in [-0.2, -0.15) is 0 Å². The molecule has 70 valence electrons. The van der Waals surface area contributed by atoms with Gasteiger partial charge in [0, 0.05) is 13.1 Å². The average Bonchev–Trinajstić information content (AvgIpc) is 1.98. The molecule has 1 aliphatic carbocycles. The molecule has 3 heterocycles. The molecule has 3 saturated heterocycles. The monoisotopic (exact) mass is 188 g/mol. The smallest absolute Gasteiger partial charge is 0.0601 e. The molecule has 0 amide bonds. The number of halogens is 1. The number of nitrogens with zero attached hydrogens (tertiary/aromatic N) is 1. The maximum Gasteiger partial charge on any atom is 0.0601 e. The van der Waals surface area contributed by atoms with Crippen molar-refractivity contribution in [1.29, 1.82) is 0 Å². The van der Waals surface area contributed by atoms with E-state index >= 15 is 0 Å². The van der Waals surface area contributed by atoms with Gasteiger partial charge in [-0.15, -0.1) is 12.4 Å². The predicted molar refractivity (Wildman–Crippen MR) is 51.1 cm³/mol. The highest BCUT2D eigenvalue weighted by Crippen LogP contribution is 2.44. The van der Waals surface area contributed by atoms with Gasteiger partial charge in [-0.1, -0.05) is 0 Å². The van der Waals surface area contributed by atoms with Crippen LogP contribution in [0.3, 0.4) is 0 Å². The highest BCUT2D eigenvalue weighted by atomic mass is 35.5. The zero-order valence-corrected chi connectivity index (χ0v) is 8.09. The van der Waals surface area contributed by atoms with Crippen molar-refractivity contribution in [2.75, 3.05) is 13.1 Å². The minimum absolute atomic E-state index is 0. The van der Waals surface area contributed by atoms with Crippen LogP contribution in [0.25, 0.3) is 0 Å². The summed E-state index contributed by atoms with van der Waals surface area (Å²) < 4.78 is 0. The minimum Gasteiger partial charge on any atom is -0.315 e. The van der Waals surface area contributed by atoms with Gasteiger partial charge in [0.15, 0.2) is 0 Å². The zero-order valence-electron chi connectivity index (χ0n) is 7.28. The van der Waals surface area contributed by atoms with E-state index in [-0.39, 0.29) is 12.4 Å². The Morgan fingerprint density at radius 2 is 1.58 bits per heavy atom. The van der Waals surface area contributed by atoms with Gasteiger partial charge in [0.2, 0.25) is 0 Å². The fourth-order valence-corrected chi connectivity index (χ4v) is 3.47. The summed E-state index contributed by atoms with van der Waals surface area (Å²) in [7, 11) is 0. The summed E-state index contributed by atoms with van der Waals surface area (Å²) in [6.07, 6.45) is 4.77. The SMILES string of the molecule is Cl.NC1C2CC3CC(C2)CN1C3. The van der Waals surface area contributed by atoms with Crippen molar-refractivity contribution in [1.82, 2.24) is 4.90 Å². The predicted octanol–water partition coefficient (Wildman–Crippen LogP) is 1.05. The zero-order chi connectivity index (χ0) is 7.42. The highest BCUT2D eigenvalue weighted by Gasteiger charge is 2.45. The molecule has 3 heteroatoms. The van der Waals surface area contributed by atoms with Gasteiger partial charge < -0.3 is 5.73 Å². The van der Waals surface area contributed by atoms with Crippen molar-refractivity contribution in [3.8, 4) is 0 Å². The second kappa shape index (κ2) is 2.86. The van der Waals surface area contributed by atoms with Crippen LogP contribution in [0, 0.1) is 17.8 Å². The number of piperidine rings is 3. The van der Waals surface area contributed by atoms with Crippen LogP contribution in [0.1, 0.15) is 19.3 Å². The molecule has 0 aromatic rings. The van der Waals surface area contributed by atoms with Crippen molar-refractivity contribution in [2.24, 2.45) is 23.5 Å². The van der Waals surface area contributed by atoms with Gasteiger partial charge in [0.05, 0.1) is 6.17 Å². The maximum absolute atomic E-state index is 6.09. The van der Waals surface area contributed by atoms with Gasteiger partial charge in [0.25, 0.3) is 0 Å². The quantitative estimate of drug-likeness (QED) is 0.616. The molecule has 0 aromatic carbocycles. The first kappa shape index (κ1) is 8.79. The standard InChI is InChI=1S/C9H16N2.ClH/c10-9-8-2-6-1-7(3-8)5-11(9)4-6;/h6-9H,1-5,10H2;1H. The molecule has 0 spiro atoms. The van der Waals surface area contributed by atoms with Crippen LogP contribution in [0.5, 0.6) is 0 Å². The van der Waals surface area contributed by atoms with E-state index in [0.29, 0.717) is 6.17 Å². The maximum atomic E-state index is 6.09. The van der Waals surface area contributed by atoms with E-state index in [1.54, 1.807) is 0 Å². The van der Waals surface area contributed by atoms with Gasteiger partial charge in [-0.25, -0.2) is 0 Å².